The number of esters is 1. The molecule has 8 atom stereocenters. The number of ketones is 1. The maximum absolute atomic E-state index is 14.7. The molecule has 2 bridgehead atoms. The fraction of sp³-hybridized carbons (Fsp3) is 0.600. The van der Waals surface area contributed by atoms with Gasteiger partial charge in [-0.15, -0.1) is 0 Å². The van der Waals surface area contributed by atoms with Crippen molar-refractivity contribution in [3.05, 3.63) is 57.1 Å². The molecule has 6 rings (SSSR count). The predicted molar refractivity (Wildman–Crippen MR) is 143 cm³/mol. The highest BCUT2D eigenvalue weighted by molar-refractivity contribution is 6.39. The van der Waals surface area contributed by atoms with E-state index >= 15 is 0 Å². The highest BCUT2D eigenvalue weighted by Gasteiger charge is 2.77. The van der Waals surface area contributed by atoms with Gasteiger partial charge in [-0.3, -0.25) is 4.79 Å². The van der Waals surface area contributed by atoms with Crippen molar-refractivity contribution < 1.29 is 28.9 Å². The number of ether oxygens (including phenoxy) is 3. The molecule has 2 saturated carbocycles. The summed E-state index contributed by atoms with van der Waals surface area (Å²) in [6.45, 7) is 12.1. The number of hydrogen-bond acceptors (Lipinski definition) is 6. The molecule has 204 valence electrons. The first-order chi connectivity index (χ1) is 17.7. The van der Waals surface area contributed by atoms with Crippen LogP contribution in [0.4, 0.5) is 0 Å². The topological polar surface area (TPSA) is 82.1 Å². The molecule has 8 heteroatoms. The van der Waals surface area contributed by atoms with E-state index in [0.717, 1.165) is 6.42 Å². The van der Waals surface area contributed by atoms with Gasteiger partial charge in [0.1, 0.15) is 6.10 Å². The Balaban J connectivity index is 1.53. The van der Waals surface area contributed by atoms with Crippen LogP contribution in [-0.2, 0) is 19.0 Å². The summed E-state index contributed by atoms with van der Waals surface area (Å²) in [5.74, 6) is -1.91. The van der Waals surface area contributed by atoms with E-state index in [0.29, 0.717) is 17.1 Å². The lowest BCUT2D eigenvalue weighted by Gasteiger charge is -2.52. The molecule has 7 unspecified atom stereocenters. The molecule has 1 saturated heterocycles. The van der Waals surface area contributed by atoms with Gasteiger partial charge in [0.25, 0.3) is 0 Å². The van der Waals surface area contributed by atoms with E-state index in [2.05, 4.69) is 13.8 Å². The van der Waals surface area contributed by atoms with E-state index in [4.69, 9.17) is 37.4 Å². The van der Waals surface area contributed by atoms with Gasteiger partial charge in [-0.2, -0.15) is 0 Å². The van der Waals surface area contributed by atoms with E-state index in [-0.39, 0.29) is 45.2 Å². The van der Waals surface area contributed by atoms with Crippen molar-refractivity contribution in [1.82, 2.24) is 0 Å². The average Bonchev–Trinajstić information content (AvgIpc) is 3.31. The molecule has 0 amide bonds. The molecule has 0 aromatic heterocycles. The van der Waals surface area contributed by atoms with Gasteiger partial charge in [0.05, 0.1) is 27.6 Å². The van der Waals surface area contributed by atoms with Crippen molar-refractivity contribution in [1.29, 1.82) is 0 Å². The molecule has 1 N–H and O–H groups in total. The second-order valence-electron chi connectivity index (χ2n) is 12.9. The Labute approximate surface area is 233 Å². The van der Waals surface area contributed by atoms with Crippen LogP contribution >= 0.6 is 23.2 Å². The van der Waals surface area contributed by atoms with Crippen LogP contribution in [0.1, 0.15) is 58.3 Å². The predicted octanol–water partition coefficient (Wildman–Crippen LogP) is 5.79. The molecule has 4 aliphatic carbocycles. The molecule has 3 fully saturated rings. The fourth-order valence-electron chi connectivity index (χ4n) is 8.16. The lowest BCUT2D eigenvalue weighted by Crippen LogP contribution is -2.68. The van der Waals surface area contributed by atoms with Crippen LogP contribution < -0.4 is 0 Å². The number of carbonyl (C=O) groups is 2. The molecular formula is C30H34Cl2O6. The Morgan fingerprint density at radius 2 is 1.82 bits per heavy atom. The quantitative estimate of drug-likeness (QED) is 0.364. The molecule has 1 aromatic rings. The van der Waals surface area contributed by atoms with Crippen LogP contribution in [0, 0.1) is 34.5 Å². The van der Waals surface area contributed by atoms with Crippen molar-refractivity contribution in [2.24, 2.45) is 34.5 Å². The summed E-state index contributed by atoms with van der Waals surface area (Å²) < 4.78 is 18.5. The third kappa shape index (κ3) is 3.30. The molecule has 1 aliphatic heterocycles. The van der Waals surface area contributed by atoms with Crippen molar-refractivity contribution in [3.8, 4) is 0 Å². The van der Waals surface area contributed by atoms with E-state index in [1.54, 1.807) is 39.0 Å². The summed E-state index contributed by atoms with van der Waals surface area (Å²) in [5.41, 5.74) is -1.84. The van der Waals surface area contributed by atoms with Crippen molar-refractivity contribution in [2.75, 3.05) is 6.61 Å². The van der Waals surface area contributed by atoms with Gasteiger partial charge < -0.3 is 19.3 Å². The Kier molecular flexibility index (Phi) is 5.70. The van der Waals surface area contributed by atoms with Gasteiger partial charge in [0, 0.05) is 5.92 Å². The van der Waals surface area contributed by atoms with Crippen LogP contribution in [0.5, 0.6) is 0 Å². The highest BCUT2D eigenvalue weighted by atomic mass is 35.5. The summed E-state index contributed by atoms with van der Waals surface area (Å²) in [4.78, 5) is 28.3. The van der Waals surface area contributed by atoms with Crippen LogP contribution in [0.2, 0.25) is 10.0 Å². The second-order valence-corrected chi connectivity index (χ2v) is 13.7. The number of carbonyl (C=O) groups excluding carboxylic acids is 2. The van der Waals surface area contributed by atoms with E-state index < -0.39 is 40.9 Å². The minimum atomic E-state index is -1.89. The van der Waals surface area contributed by atoms with Gasteiger partial charge in [0.2, 0.25) is 0 Å². The molecule has 1 aromatic carbocycles. The van der Waals surface area contributed by atoms with Gasteiger partial charge in [-0.1, -0.05) is 62.2 Å². The van der Waals surface area contributed by atoms with Gasteiger partial charge in [0.15, 0.2) is 23.3 Å². The Bertz CT molecular complexity index is 1290. The zero-order chi connectivity index (χ0) is 27.6. The number of fused-ring (bicyclic) bond motifs is 5. The zero-order valence-electron chi connectivity index (χ0n) is 22.5. The maximum atomic E-state index is 14.7. The monoisotopic (exact) mass is 560 g/mol. The lowest BCUT2D eigenvalue weighted by molar-refractivity contribution is -0.302. The number of aliphatic hydroxyl groups is 1. The highest BCUT2D eigenvalue weighted by Crippen LogP contribution is 2.72. The normalized spacial score (nSPS) is 42.0. The first kappa shape index (κ1) is 26.5. The van der Waals surface area contributed by atoms with Crippen LogP contribution in [-0.4, -0.2) is 47.1 Å². The standard InChI is InChI=1S/C30H34Cl2O6/c1-14-12-29-15(2)10-18-22(27(18,3)4)17(23(29)33)11-16-13-36-28(5,6)38-25(16)30(29,35)24(14)37-26(34)21-19(31)8-7-9-20(21)32/h7-9,11-12,15,17-18,22,24-25,35H,10,13H2,1-6H3/t15-,17?,18?,22?,24?,25?,29?,30?/m1/s1. The second kappa shape index (κ2) is 8.17. The van der Waals surface area contributed by atoms with Crippen molar-refractivity contribution in [3.63, 3.8) is 0 Å². The number of benzene rings is 1. The smallest absolute Gasteiger partial charge is 0.341 e. The fourth-order valence-corrected chi connectivity index (χ4v) is 8.71. The summed E-state index contributed by atoms with van der Waals surface area (Å²) in [5, 5.41) is 13.3. The summed E-state index contributed by atoms with van der Waals surface area (Å²) in [7, 11) is 0. The van der Waals surface area contributed by atoms with Crippen LogP contribution in [0.15, 0.2) is 41.5 Å². The molecule has 6 nitrogen and oxygen atoms in total. The molecule has 0 radical (unpaired) electrons. The number of Topliss-reactive ketones (excluding diaryl/α,β-unsaturated/α-hetero) is 1. The number of allylic oxidation sites excluding steroid dienone is 1. The average molecular weight is 562 g/mol. The van der Waals surface area contributed by atoms with Crippen LogP contribution in [0.3, 0.4) is 0 Å². The maximum Gasteiger partial charge on any atom is 0.341 e. The van der Waals surface area contributed by atoms with E-state index in [1.165, 1.54) is 0 Å². The summed E-state index contributed by atoms with van der Waals surface area (Å²) in [6.07, 6.45) is 2.54. The molecule has 38 heavy (non-hydrogen) atoms. The van der Waals surface area contributed by atoms with E-state index in [9.17, 15) is 14.7 Å². The minimum Gasteiger partial charge on any atom is -0.451 e. The Hall–Kier alpha value is -1.70. The van der Waals surface area contributed by atoms with E-state index in [1.807, 2.05) is 19.1 Å². The Morgan fingerprint density at radius 3 is 2.47 bits per heavy atom. The number of hydrogen-bond donors (Lipinski definition) is 1. The van der Waals surface area contributed by atoms with Crippen LogP contribution in [0.25, 0.3) is 0 Å². The van der Waals surface area contributed by atoms with Gasteiger partial charge in [-0.25, -0.2) is 4.79 Å². The molecule has 1 heterocycles. The molecule has 5 aliphatic rings. The molecular weight excluding hydrogens is 527 g/mol. The zero-order valence-corrected chi connectivity index (χ0v) is 24.0. The van der Waals surface area contributed by atoms with Gasteiger partial charge >= 0.3 is 5.97 Å². The largest absolute Gasteiger partial charge is 0.451 e. The van der Waals surface area contributed by atoms with Crippen molar-refractivity contribution in [2.45, 2.75) is 71.6 Å². The summed E-state index contributed by atoms with van der Waals surface area (Å²) >= 11 is 12.6. The number of halogens is 2. The SMILES string of the molecule is CC1=CC23C(=O)C(C=C4COC(C)(C)OC4C2(O)C1OC(=O)c1c(Cl)cccc1Cl)C1C(C[C@H]3C)C1(C)C. The number of rotatable bonds is 2. The first-order valence-electron chi connectivity index (χ1n) is 13.3. The molecule has 1 spiro atoms. The third-order valence-electron chi connectivity index (χ3n) is 10.1. The van der Waals surface area contributed by atoms with Gasteiger partial charge in [-0.05, 0) is 73.6 Å². The van der Waals surface area contributed by atoms with Crippen molar-refractivity contribution >= 4 is 35.0 Å². The lowest BCUT2D eigenvalue weighted by atomic mass is 9.59. The Morgan fingerprint density at radius 1 is 1.16 bits per heavy atom. The summed E-state index contributed by atoms with van der Waals surface area (Å²) in [6, 6.07) is 4.76. The third-order valence-corrected chi connectivity index (χ3v) is 10.7. The first-order valence-corrected chi connectivity index (χ1v) is 14.1. The minimum absolute atomic E-state index is 0.0187.